The van der Waals surface area contributed by atoms with Crippen molar-refractivity contribution in [3.8, 4) is 5.75 Å². The molecule has 0 radical (unpaired) electrons. The molecule has 1 aromatic carbocycles. The van der Waals surface area contributed by atoms with Crippen molar-refractivity contribution in [3.63, 3.8) is 0 Å². The van der Waals surface area contributed by atoms with E-state index in [1.54, 1.807) is 7.11 Å². The second-order valence-electron chi connectivity index (χ2n) is 6.91. The highest BCUT2D eigenvalue weighted by molar-refractivity contribution is 5.93. The first-order valence-electron chi connectivity index (χ1n) is 9.67. The first-order valence-corrected chi connectivity index (χ1v) is 9.67. The van der Waals surface area contributed by atoms with Crippen LogP contribution in [-0.2, 0) is 17.8 Å². The molecule has 2 aromatic rings. The van der Waals surface area contributed by atoms with Crippen molar-refractivity contribution >= 4 is 16.8 Å². The molecule has 0 aliphatic heterocycles. The van der Waals surface area contributed by atoms with E-state index in [2.05, 4.69) is 4.57 Å². The summed E-state index contributed by atoms with van der Waals surface area (Å²) in [6.45, 7) is 5.48. The van der Waals surface area contributed by atoms with Gasteiger partial charge in [0.1, 0.15) is 12.4 Å². The number of aromatic nitrogens is 1. The zero-order valence-electron chi connectivity index (χ0n) is 16.1. The maximum Gasteiger partial charge on any atom is 0.223 e. The highest BCUT2D eigenvalue weighted by atomic mass is 19.1. The molecule has 1 unspecified atom stereocenters. The number of ether oxygens (including phenoxy) is 1. The molecule has 0 fully saturated rings. The monoisotopic (exact) mass is 360 g/mol. The number of amides is 1. The Morgan fingerprint density at radius 2 is 2.12 bits per heavy atom. The number of carbonyl (C=O) groups excluding carboxylic acids is 1. The van der Waals surface area contributed by atoms with Gasteiger partial charge >= 0.3 is 0 Å². The predicted molar refractivity (Wildman–Crippen MR) is 103 cm³/mol. The number of fused-ring (bicyclic) bond motifs is 3. The summed E-state index contributed by atoms with van der Waals surface area (Å²) in [6.07, 6.45) is 3.48. The van der Waals surface area contributed by atoms with Crippen LogP contribution >= 0.6 is 0 Å². The van der Waals surface area contributed by atoms with Crippen LogP contribution in [0.15, 0.2) is 18.2 Å². The van der Waals surface area contributed by atoms with Gasteiger partial charge < -0.3 is 14.2 Å². The van der Waals surface area contributed by atoms with Gasteiger partial charge in [0.05, 0.1) is 19.2 Å². The number of hydrogen-bond donors (Lipinski definition) is 0. The molecule has 1 heterocycles. The summed E-state index contributed by atoms with van der Waals surface area (Å²) in [7, 11) is 1.67. The Morgan fingerprint density at radius 1 is 1.35 bits per heavy atom. The molecule has 3 rings (SSSR count). The number of nitrogens with zero attached hydrogens (tertiary/aromatic N) is 2. The predicted octanol–water partition coefficient (Wildman–Crippen LogP) is 4.30. The number of hydrogen-bond acceptors (Lipinski definition) is 2. The summed E-state index contributed by atoms with van der Waals surface area (Å²) in [5.41, 5.74) is 3.41. The van der Waals surface area contributed by atoms with E-state index in [4.69, 9.17) is 4.74 Å². The molecule has 0 bridgehead atoms. The number of carbonyl (C=O) groups is 1. The second-order valence-corrected chi connectivity index (χ2v) is 6.91. The zero-order chi connectivity index (χ0) is 18.7. The van der Waals surface area contributed by atoms with Gasteiger partial charge in [-0.25, -0.2) is 4.39 Å². The molecule has 1 aliphatic rings. The largest absolute Gasteiger partial charge is 0.496 e. The molecular formula is C21H29FN2O2. The molecule has 1 amide bonds. The van der Waals surface area contributed by atoms with Crippen LogP contribution in [0, 0.1) is 0 Å². The summed E-state index contributed by atoms with van der Waals surface area (Å²) in [4.78, 5) is 14.6. The van der Waals surface area contributed by atoms with E-state index in [1.165, 1.54) is 11.3 Å². The lowest BCUT2D eigenvalue weighted by Gasteiger charge is -2.27. The number of alkyl halides is 1. The standard InChI is InChI=1S/C21H29FN2O2/c1-4-23(5-2)19(25)14-15-8-6-9-16-20(15)21-17(24(16)13-12-22)10-7-11-18(21)26-3/h7,10-11,15H,4-6,8-9,12-14H2,1-3H3. The van der Waals surface area contributed by atoms with Gasteiger partial charge in [0.2, 0.25) is 5.91 Å². The highest BCUT2D eigenvalue weighted by Gasteiger charge is 2.31. The van der Waals surface area contributed by atoms with Gasteiger partial charge in [-0.15, -0.1) is 0 Å². The van der Waals surface area contributed by atoms with Crippen molar-refractivity contribution in [1.82, 2.24) is 9.47 Å². The number of rotatable bonds is 7. The van der Waals surface area contributed by atoms with Gasteiger partial charge in [-0.2, -0.15) is 0 Å². The quantitative estimate of drug-likeness (QED) is 0.738. The summed E-state index contributed by atoms with van der Waals surface area (Å²) in [5, 5.41) is 1.07. The molecule has 4 nitrogen and oxygen atoms in total. The van der Waals surface area contributed by atoms with Crippen LogP contribution in [0.1, 0.15) is 50.3 Å². The van der Waals surface area contributed by atoms with Crippen molar-refractivity contribution in [2.45, 2.75) is 52.0 Å². The van der Waals surface area contributed by atoms with Crippen molar-refractivity contribution in [1.29, 1.82) is 0 Å². The molecule has 26 heavy (non-hydrogen) atoms. The lowest BCUT2D eigenvalue weighted by Crippen LogP contribution is -2.32. The minimum absolute atomic E-state index is 0.173. The van der Waals surface area contributed by atoms with E-state index < -0.39 is 6.67 Å². The van der Waals surface area contributed by atoms with Crippen LogP contribution in [0.2, 0.25) is 0 Å². The maximum atomic E-state index is 13.2. The average molecular weight is 360 g/mol. The third-order valence-electron chi connectivity index (χ3n) is 5.64. The maximum absolute atomic E-state index is 13.2. The molecule has 0 spiro atoms. The first-order chi connectivity index (χ1) is 12.7. The zero-order valence-corrected chi connectivity index (χ0v) is 16.1. The fourth-order valence-electron chi connectivity index (χ4n) is 4.45. The summed E-state index contributed by atoms with van der Waals surface area (Å²) < 4.78 is 21.0. The van der Waals surface area contributed by atoms with E-state index in [-0.39, 0.29) is 11.8 Å². The molecule has 1 aliphatic carbocycles. The van der Waals surface area contributed by atoms with Crippen LogP contribution < -0.4 is 4.74 Å². The Hall–Kier alpha value is -2.04. The lowest BCUT2D eigenvalue weighted by molar-refractivity contribution is -0.131. The Morgan fingerprint density at radius 3 is 2.77 bits per heavy atom. The molecule has 142 valence electrons. The van der Waals surface area contributed by atoms with Crippen LogP contribution in [0.3, 0.4) is 0 Å². The van der Waals surface area contributed by atoms with E-state index in [0.29, 0.717) is 13.0 Å². The Labute approximate surface area is 154 Å². The Kier molecular flexibility index (Phi) is 5.84. The molecule has 1 aromatic heterocycles. The molecule has 1 atom stereocenters. The molecule has 0 saturated carbocycles. The minimum atomic E-state index is -0.392. The summed E-state index contributed by atoms with van der Waals surface area (Å²) >= 11 is 0. The smallest absolute Gasteiger partial charge is 0.223 e. The summed E-state index contributed by atoms with van der Waals surface area (Å²) in [6, 6.07) is 5.95. The SMILES string of the molecule is CCN(CC)C(=O)CC1CCCc2c1c1c(OC)cccc1n2CCF. The second kappa shape index (κ2) is 8.11. The van der Waals surface area contributed by atoms with Crippen LogP contribution in [-0.4, -0.2) is 42.2 Å². The molecule has 0 saturated heterocycles. The van der Waals surface area contributed by atoms with Gasteiger partial charge in [-0.05, 0) is 56.7 Å². The van der Waals surface area contributed by atoms with Crippen LogP contribution in [0.5, 0.6) is 5.75 Å². The van der Waals surface area contributed by atoms with E-state index in [9.17, 15) is 9.18 Å². The Bertz CT molecular complexity index is 780. The van der Waals surface area contributed by atoms with Gasteiger partial charge in [-0.3, -0.25) is 4.79 Å². The van der Waals surface area contributed by atoms with Gasteiger partial charge in [-0.1, -0.05) is 6.07 Å². The normalized spacial score (nSPS) is 16.5. The fraction of sp³-hybridized carbons (Fsp3) is 0.571. The average Bonchev–Trinajstić information content (AvgIpc) is 2.98. The topological polar surface area (TPSA) is 34.5 Å². The van der Waals surface area contributed by atoms with Gasteiger partial charge in [0.15, 0.2) is 0 Å². The van der Waals surface area contributed by atoms with Crippen molar-refractivity contribution < 1.29 is 13.9 Å². The lowest BCUT2D eigenvalue weighted by atomic mass is 9.82. The van der Waals surface area contributed by atoms with Crippen LogP contribution in [0.4, 0.5) is 4.39 Å². The van der Waals surface area contributed by atoms with Crippen LogP contribution in [0.25, 0.3) is 10.9 Å². The number of halogens is 1. The fourth-order valence-corrected chi connectivity index (χ4v) is 4.45. The summed E-state index contributed by atoms with van der Waals surface area (Å²) in [5.74, 6) is 1.19. The van der Waals surface area contributed by atoms with E-state index in [0.717, 1.165) is 49.0 Å². The van der Waals surface area contributed by atoms with E-state index >= 15 is 0 Å². The highest BCUT2D eigenvalue weighted by Crippen LogP contribution is 2.44. The number of benzene rings is 1. The number of methoxy groups -OCH3 is 1. The van der Waals surface area contributed by atoms with Gasteiger partial charge in [0, 0.05) is 30.6 Å². The first kappa shape index (κ1) is 18.7. The van der Waals surface area contributed by atoms with Crippen molar-refractivity contribution in [3.05, 3.63) is 29.5 Å². The third-order valence-corrected chi connectivity index (χ3v) is 5.64. The number of aryl methyl sites for hydroxylation is 1. The van der Waals surface area contributed by atoms with E-state index in [1.807, 2.05) is 36.9 Å². The molecule has 0 N–H and O–H groups in total. The molecular weight excluding hydrogens is 331 g/mol. The molecule has 5 heteroatoms. The third kappa shape index (κ3) is 3.19. The van der Waals surface area contributed by atoms with Crippen molar-refractivity contribution in [2.75, 3.05) is 26.9 Å². The Balaban J connectivity index is 2.10. The minimum Gasteiger partial charge on any atom is -0.496 e. The van der Waals surface area contributed by atoms with Gasteiger partial charge in [0.25, 0.3) is 0 Å². The van der Waals surface area contributed by atoms with Crippen molar-refractivity contribution in [2.24, 2.45) is 0 Å².